The highest BCUT2D eigenvalue weighted by Crippen LogP contribution is 2.26. The number of methoxy groups -OCH3 is 1. The van der Waals surface area contributed by atoms with Gasteiger partial charge in [-0.3, -0.25) is 14.5 Å². The predicted molar refractivity (Wildman–Crippen MR) is 120 cm³/mol. The molecule has 0 fully saturated rings. The summed E-state index contributed by atoms with van der Waals surface area (Å²) in [6.07, 6.45) is -0.110. The molecule has 32 heavy (non-hydrogen) atoms. The van der Waals surface area contributed by atoms with E-state index in [1.807, 2.05) is 0 Å². The highest BCUT2D eigenvalue weighted by atomic mass is 16.5. The Balaban J connectivity index is 1.90. The molecular formula is C23H32N4O5. The predicted octanol–water partition coefficient (Wildman–Crippen LogP) is 2.67. The van der Waals surface area contributed by atoms with Crippen LogP contribution in [-0.2, 0) is 4.74 Å². The zero-order valence-corrected chi connectivity index (χ0v) is 19.5. The van der Waals surface area contributed by atoms with Crippen molar-refractivity contribution in [3.63, 3.8) is 0 Å². The molecule has 174 valence electrons. The molecule has 1 N–H and O–H groups in total. The van der Waals surface area contributed by atoms with Crippen LogP contribution < -0.4 is 10.1 Å². The van der Waals surface area contributed by atoms with Gasteiger partial charge in [-0.05, 0) is 45.0 Å². The largest absolute Gasteiger partial charge is 0.491 e. The van der Waals surface area contributed by atoms with Crippen LogP contribution in [0.3, 0.4) is 0 Å². The maximum Gasteiger partial charge on any atom is 0.277 e. The topological polar surface area (TPSA) is 97.1 Å². The van der Waals surface area contributed by atoms with E-state index in [0.29, 0.717) is 35.9 Å². The Bertz CT molecular complexity index is 960. The number of ether oxygens (including phenoxy) is 2. The highest BCUT2D eigenvalue weighted by Gasteiger charge is 2.27. The van der Waals surface area contributed by atoms with Gasteiger partial charge in [-0.25, -0.2) is 0 Å². The van der Waals surface area contributed by atoms with Gasteiger partial charge in [-0.2, -0.15) is 0 Å². The summed E-state index contributed by atoms with van der Waals surface area (Å²) in [4.78, 5) is 29.6. The van der Waals surface area contributed by atoms with Crippen LogP contribution in [0.1, 0.15) is 40.5 Å². The summed E-state index contributed by atoms with van der Waals surface area (Å²) < 4.78 is 16.7. The molecule has 0 saturated carbocycles. The third-order valence-electron chi connectivity index (χ3n) is 5.87. The number of aryl methyl sites for hydroxylation is 1. The van der Waals surface area contributed by atoms with Crippen LogP contribution in [-0.4, -0.2) is 79.8 Å². The molecule has 0 aliphatic carbocycles. The van der Waals surface area contributed by atoms with Crippen molar-refractivity contribution < 1.29 is 23.6 Å². The number of benzene rings is 1. The van der Waals surface area contributed by atoms with Crippen molar-refractivity contribution in [3.8, 4) is 5.75 Å². The normalized spacial score (nSPS) is 23.0. The molecule has 0 saturated heterocycles. The van der Waals surface area contributed by atoms with E-state index in [1.165, 1.54) is 0 Å². The number of likely N-dealkylation sites (N-methyl/N-ethyl adjacent to an activating group) is 2. The van der Waals surface area contributed by atoms with Crippen molar-refractivity contribution in [2.24, 2.45) is 5.92 Å². The molecule has 9 heteroatoms. The van der Waals surface area contributed by atoms with E-state index in [4.69, 9.17) is 14.0 Å². The van der Waals surface area contributed by atoms with E-state index in [9.17, 15) is 9.59 Å². The summed E-state index contributed by atoms with van der Waals surface area (Å²) in [6, 6.07) is 6.74. The lowest BCUT2D eigenvalue weighted by Gasteiger charge is -2.34. The van der Waals surface area contributed by atoms with E-state index in [2.05, 4.69) is 36.3 Å². The number of nitrogens with zero attached hydrogens (tertiary/aromatic N) is 3. The summed E-state index contributed by atoms with van der Waals surface area (Å²) in [5.74, 6) is 0.612. The minimum atomic E-state index is -0.416. The third kappa shape index (κ3) is 5.46. The first kappa shape index (κ1) is 23.7. The van der Waals surface area contributed by atoms with E-state index in [-0.39, 0.29) is 29.7 Å². The molecule has 2 aromatic rings. The van der Waals surface area contributed by atoms with E-state index < -0.39 is 5.91 Å². The summed E-state index contributed by atoms with van der Waals surface area (Å²) in [5.41, 5.74) is 1.01. The maximum atomic E-state index is 13.3. The zero-order chi connectivity index (χ0) is 23.4. The summed E-state index contributed by atoms with van der Waals surface area (Å²) in [6.45, 7) is 7.61. The zero-order valence-electron chi connectivity index (χ0n) is 19.5. The lowest BCUT2D eigenvalue weighted by atomic mass is 10.0. The number of carbonyl (C=O) groups is 2. The lowest BCUT2D eigenvalue weighted by Crippen LogP contribution is -2.45. The van der Waals surface area contributed by atoms with Gasteiger partial charge in [0, 0.05) is 45.0 Å². The number of rotatable bonds is 3. The second-order valence-corrected chi connectivity index (χ2v) is 8.52. The average Bonchev–Trinajstić information content (AvgIpc) is 3.21. The van der Waals surface area contributed by atoms with E-state index in [1.54, 1.807) is 50.2 Å². The first-order valence-electron chi connectivity index (χ1n) is 10.7. The van der Waals surface area contributed by atoms with Gasteiger partial charge in [-0.15, -0.1) is 0 Å². The van der Waals surface area contributed by atoms with Gasteiger partial charge >= 0.3 is 0 Å². The van der Waals surface area contributed by atoms with Gasteiger partial charge in [0.15, 0.2) is 5.69 Å². The van der Waals surface area contributed by atoms with Crippen LogP contribution in [0.4, 0.5) is 5.69 Å². The lowest BCUT2D eigenvalue weighted by molar-refractivity contribution is 0.0150. The van der Waals surface area contributed by atoms with Crippen molar-refractivity contribution in [2.45, 2.75) is 32.9 Å². The van der Waals surface area contributed by atoms with Gasteiger partial charge in [0.25, 0.3) is 11.8 Å². The number of carbonyl (C=O) groups excluding carboxylic acids is 2. The average molecular weight is 445 g/mol. The molecule has 3 rings (SSSR count). The monoisotopic (exact) mass is 444 g/mol. The minimum absolute atomic E-state index is 0.110. The van der Waals surface area contributed by atoms with Crippen molar-refractivity contribution in [3.05, 3.63) is 41.3 Å². The fourth-order valence-corrected chi connectivity index (χ4v) is 3.70. The van der Waals surface area contributed by atoms with Gasteiger partial charge in [0.1, 0.15) is 18.1 Å². The Hall–Kier alpha value is -2.91. The molecule has 1 aromatic heterocycles. The minimum Gasteiger partial charge on any atom is -0.491 e. The number of fused-ring (bicyclic) bond motifs is 1. The summed E-state index contributed by atoms with van der Waals surface area (Å²) in [5, 5.41) is 6.50. The van der Waals surface area contributed by atoms with Crippen molar-refractivity contribution >= 4 is 17.5 Å². The molecule has 2 amide bonds. The molecular weight excluding hydrogens is 412 g/mol. The summed E-state index contributed by atoms with van der Waals surface area (Å²) >= 11 is 0. The Morgan fingerprint density at radius 1 is 1.22 bits per heavy atom. The maximum absolute atomic E-state index is 13.3. The number of nitrogens with one attached hydrogen (secondary N) is 1. The van der Waals surface area contributed by atoms with Gasteiger partial charge < -0.3 is 24.2 Å². The Morgan fingerprint density at radius 2 is 1.97 bits per heavy atom. The molecule has 0 radical (unpaired) electrons. The SMILES string of the molecule is CO[C@H]1CN(C)C(=O)c2cc(NC(=O)c3cc(C)on3)ccc2OC[C@H](C)N(C)C[C@@H]1C. The molecule has 2 heterocycles. The number of aromatic nitrogens is 1. The second-order valence-electron chi connectivity index (χ2n) is 8.52. The number of hydrogen-bond acceptors (Lipinski definition) is 7. The molecule has 0 spiro atoms. The molecule has 3 atom stereocenters. The first-order valence-corrected chi connectivity index (χ1v) is 10.7. The molecule has 1 aliphatic heterocycles. The number of amides is 2. The van der Waals surface area contributed by atoms with Crippen LogP contribution in [0.5, 0.6) is 5.75 Å². The van der Waals surface area contributed by atoms with Gasteiger partial charge in [-0.1, -0.05) is 12.1 Å². The fourth-order valence-electron chi connectivity index (χ4n) is 3.70. The van der Waals surface area contributed by atoms with Crippen molar-refractivity contribution in [1.29, 1.82) is 0 Å². The highest BCUT2D eigenvalue weighted by molar-refractivity contribution is 6.04. The fraction of sp³-hybridized carbons (Fsp3) is 0.522. The Labute approximate surface area is 188 Å². The first-order chi connectivity index (χ1) is 15.2. The summed E-state index contributed by atoms with van der Waals surface area (Å²) in [7, 11) is 5.47. The molecule has 9 nitrogen and oxygen atoms in total. The third-order valence-corrected chi connectivity index (χ3v) is 5.87. The number of anilines is 1. The van der Waals surface area contributed by atoms with Crippen LogP contribution in [0, 0.1) is 12.8 Å². The van der Waals surface area contributed by atoms with Crippen LogP contribution in [0.2, 0.25) is 0 Å². The van der Waals surface area contributed by atoms with Gasteiger partial charge in [0.2, 0.25) is 0 Å². The van der Waals surface area contributed by atoms with Gasteiger partial charge in [0.05, 0.1) is 11.7 Å². The van der Waals surface area contributed by atoms with Crippen LogP contribution in [0.25, 0.3) is 0 Å². The second kappa shape index (κ2) is 10.1. The van der Waals surface area contributed by atoms with Crippen molar-refractivity contribution in [2.75, 3.05) is 46.2 Å². The Morgan fingerprint density at radius 3 is 2.62 bits per heavy atom. The van der Waals surface area contributed by atoms with E-state index >= 15 is 0 Å². The van der Waals surface area contributed by atoms with Crippen molar-refractivity contribution in [1.82, 2.24) is 15.0 Å². The quantitative estimate of drug-likeness (QED) is 0.777. The van der Waals surface area contributed by atoms with Crippen LogP contribution >= 0.6 is 0 Å². The molecule has 1 aliphatic rings. The van der Waals surface area contributed by atoms with E-state index in [0.717, 1.165) is 6.54 Å². The Kier molecular flexibility index (Phi) is 7.52. The van der Waals surface area contributed by atoms with Crippen LogP contribution in [0.15, 0.2) is 28.8 Å². The molecule has 0 unspecified atom stereocenters. The standard InChI is InChI=1S/C23H32N4O5/c1-14-11-26(4)15(2)13-31-20-8-7-17(24-22(28)19-9-16(3)32-25-19)10-18(20)23(29)27(5)12-21(14)30-6/h7-10,14-15,21H,11-13H2,1-6H3,(H,24,28)/t14-,15-,21-/m0/s1. The number of hydrogen-bond donors (Lipinski definition) is 1. The molecule has 1 aromatic carbocycles. The molecule has 0 bridgehead atoms. The smallest absolute Gasteiger partial charge is 0.277 e.